The summed E-state index contributed by atoms with van der Waals surface area (Å²) in [5.41, 5.74) is 0.564. The van der Waals surface area contributed by atoms with Crippen molar-refractivity contribution in [3.8, 4) is 0 Å². The van der Waals surface area contributed by atoms with E-state index in [0.717, 1.165) is 19.4 Å². The first-order valence-electron chi connectivity index (χ1n) is 5.41. The molecule has 0 bridgehead atoms. The molecule has 0 fully saturated rings. The summed E-state index contributed by atoms with van der Waals surface area (Å²) < 4.78 is 0. The molecular formula is C12H23N2O. The Labute approximate surface area is 93.5 Å². The van der Waals surface area contributed by atoms with Gasteiger partial charge in [0.1, 0.15) is 0 Å². The van der Waals surface area contributed by atoms with Gasteiger partial charge in [-0.3, -0.25) is 4.79 Å². The lowest BCUT2D eigenvalue weighted by molar-refractivity contribution is -0.117. The average Bonchev–Trinajstić information content (AvgIpc) is 2.15. The number of carbonyl (C=O) groups excluding carboxylic acids is 1. The molecule has 0 aliphatic carbocycles. The molecule has 0 heterocycles. The summed E-state index contributed by atoms with van der Waals surface area (Å²) in [6, 6.07) is 0.161. The third kappa shape index (κ3) is 7.14. The topological polar surface area (TPSA) is 32.3 Å². The summed E-state index contributed by atoms with van der Waals surface area (Å²) in [5, 5.41) is 2.93. The molecular weight excluding hydrogens is 188 g/mol. The predicted molar refractivity (Wildman–Crippen MR) is 64.5 cm³/mol. The van der Waals surface area contributed by atoms with Gasteiger partial charge in [-0.25, -0.2) is 0 Å². The smallest absolute Gasteiger partial charge is 0.246 e. The van der Waals surface area contributed by atoms with Crippen LogP contribution in [-0.4, -0.2) is 37.5 Å². The predicted octanol–water partition coefficient (Wildman–Crippen LogP) is 1.61. The van der Waals surface area contributed by atoms with Crippen LogP contribution in [0.4, 0.5) is 0 Å². The standard InChI is InChI=1S/C12H23N2O/c1-6-11(8-7-9-14(4)5)13-12(15)10(2)3/h8,11H,2,6-7,9H2,1,3-5H3,(H,13,15). The van der Waals surface area contributed by atoms with E-state index in [1.807, 2.05) is 14.1 Å². The maximum atomic E-state index is 11.4. The van der Waals surface area contributed by atoms with Crippen molar-refractivity contribution in [3.63, 3.8) is 0 Å². The first-order chi connectivity index (χ1) is 6.97. The Bertz CT molecular complexity index is 212. The molecule has 0 rings (SSSR count). The fourth-order valence-electron chi connectivity index (χ4n) is 1.15. The van der Waals surface area contributed by atoms with Crippen molar-refractivity contribution in [1.82, 2.24) is 10.2 Å². The van der Waals surface area contributed by atoms with E-state index >= 15 is 0 Å². The molecule has 0 spiro atoms. The quantitative estimate of drug-likeness (QED) is 0.649. The highest BCUT2D eigenvalue weighted by Crippen LogP contribution is 2.02. The molecule has 0 saturated carbocycles. The fraction of sp³-hybridized carbons (Fsp3) is 0.667. The van der Waals surface area contributed by atoms with Crippen LogP contribution in [0.5, 0.6) is 0 Å². The van der Waals surface area contributed by atoms with Crippen molar-refractivity contribution in [2.45, 2.75) is 32.7 Å². The molecule has 0 aromatic carbocycles. The van der Waals surface area contributed by atoms with E-state index in [9.17, 15) is 4.79 Å². The lowest BCUT2D eigenvalue weighted by Gasteiger charge is -2.17. The number of rotatable bonds is 7. The molecule has 1 unspecified atom stereocenters. The normalized spacial score (nSPS) is 12.6. The van der Waals surface area contributed by atoms with Gasteiger partial charge in [0.15, 0.2) is 0 Å². The van der Waals surface area contributed by atoms with Gasteiger partial charge in [-0.15, -0.1) is 0 Å². The minimum Gasteiger partial charge on any atom is -0.349 e. The van der Waals surface area contributed by atoms with Gasteiger partial charge >= 0.3 is 0 Å². The first kappa shape index (κ1) is 14.2. The molecule has 0 saturated heterocycles. The van der Waals surface area contributed by atoms with E-state index in [1.54, 1.807) is 6.92 Å². The van der Waals surface area contributed by atoms with Gasteiger partial charge in [-0.2, -0.15) is 0 Å². The minimum absolute atomic E-state index is 0.0528. The zero-order valence-corrected chi connectivity index (χ0v) is 10.3. The number of hydrogen-bond acceptors (Lipinski definition) is 2. The van der Waals surface area contributed by atoms with Crippen molar-refractivity contribution in [3.05, 3.63) is 18.6 Å². The molecule has 1 radical (unpaired) electrons. The molecule has 87 valence electrons. The monoisotopic (exact) mass is 211 g/mol. The van der Waals surface area contributed by atoms with Gasteiger partial charge in [-0.1, -0.05) is 13.5 Å². The molecule has 0 aromatic heterocycles. The molecule has 3 heteroatoms. The van der Waals surface area contributed by atoms with Crippen molar-refractivity contribution < 1.29 is 4.79 Å². The zero-order valence-electron chi connectivity index (χ0n) is 10.3. The Kier molecular flexibility index (Phi) is 7.05. The minimum atomic E-state index is -0.0528. The van der Waals surface area contributed by atoms with E-state index in [0.29, 0.717) is 5.57 Å². The van der Waals surface area contributed by atoms with Crippen molar-refractivity contribution >= 4 is 5.91 Å². The summed E-state index contributed by atoms with van der Waals surface area (Å²) in [4.78, 5) is 13.5. The van der Waals surface area contributed by atoms with E-state index < -0.39 is 0 Å². The number of nitrogens with one attached hydrogen (secondary N) is 1. The average molecular weight is 211 g/mol. The number of nitrogens with zero attached hydrogens (tertiary/aromatic N) is 1. The van der Waals surface area contributed by atoms with Gasteiger partial charge in [0.05, 0.1) is 0 Å². The van der Waals surface area contributed by atoms with Crippen molar-refractivity contribution in [2.75, 3.05) is 20.6 Å². The highest BCUT2D eigenvalue weighted by molar-refractivity contribution is 5.92. The Morgan fingerprint density at radius 3 is 2.53 bits per heavy atom. The maximum Gasteiger partial charge on any atom is 0.246 e. The van der Waals surface area contributed by atoms with Crippen LogP contribution in [0.2, 0.25) is 0 Å². The number of carbonyl (C=O) groups is 1. The van der Waals surface area contributed by atoms with Gasteiger partial charge in [0, 0.05) is 11.6 Å². The van der Waals surface area contributed by atoms with Gasteiger partial charge in [0.25, 0.3) is 0 Å². The van der Waals surface area contributed by atoms with E-state index in [4.69, 9.17) is 0 Å². The molecule has 1 atom stereocenters. The fourth-order valence-corrected chi connectivity index (χ4v) is 1.15. The lowest BCUT2D eigenvalue weighted by Crippen LogP contribution is -2.35. The van der Waals surface area contributed by atoms with Crippen LogP contribution in [0.1, 0.15) is 26.7 Å². The summed E-state index contributed by atoms with van der Waals surface area (Å²) >= 11 is 0. The highest BCUT2D eigenvalue weighted by atomic mass is 16.1. The largest absolute Gasteiger partial charge is 0.349 e. The summed E-state index contributed by atoms with van der Waals surface area (Å²) in [7, 11) is 4.09. The second-order valence-electron chi connectivity index (χ2n) is 4.10. The highest BCUT2D eigenvalue weighted by Gasteiger charge is 2.10. The summed E-state index contributed by atoms with van der Waals surface area (Å²) in [5.74, 6) is -0.0528. The third-order valence-corrected chi connectivity index (χ3v) is 2.17. The Morgan fingerprint density at radius 1 is 1.53 bits per heavy atom. The molecule has 3 nitrogen and oxygen atoms in total. The third-order valence-electron chi connectivity index (χ3n) is 2.17. The van der Waals surface area contributed by atoms with Crippen LogP contribution < -0.4 is 5.32 Å². The molecule has 0 aliphatic heterocycles. The second kappa shape index (κ2) is 7.46. The van der Waals surface area contributed by atoms with E-state index in [-0.39, 0.29) is 11.9 Å². The van der Waals surface area contributed by atoms with Crippen LogP contribution in [-0.2, 0) is 4.79 Å². The van der Waals surface area contributed by atoms with Crippen LogP contribution in [0, 0.1) is 6.42 Å². The Hall–Kier alpha value is -0.830. The molecule has 1 N–H and O–H groups in total. The second-order valence-corrected chi connectivity index (χ2v) is 4.10. The first-order valence-corrected chi connectivity index (χ1v) is 5.41. The molecule has 1 amide bonds. The van der Waals surface area contributed by atoms with Crippen molar-refractivity contribution in [2.24, 2.45) is 0 Å². The maximum absolute atomic E-state index is 11.4. The zero-order chi connectivity index (χ0) is 11.8. The number of hydrogen-bond donors (Lipinski definition) is 1. The lowest BCUT2D eigenvalue weighted by atomic mass is 10.1. The van der Waals surface area contributed by atoms with Gasteiger partial charge in [0.2, 0.25) is 5.91 Å². The Balaban J connectivity index is 3.83. The molecule has 0 aliphatic rings. The molecule has 0 aromatic rings. The molecule has 15 heavy (non-hydrogen) atoms. The Morgan fingerprint density at radius 2 is 2.13 bits per heavy atom. The van der Waals surface area contributed by atoms with E-state index in [1.165, 1.54) is 0 Å². The number of amides is 1. The van der Waals surface area contributed by atoms with E-state index in [2.05, 4.69) is 30.1 Å². The van der Waals surface area contributed by atoms with Gasteiger partial charge < -0.3 is 10.2 Å². The summed E-state index contributed by atoms with van der Waals surface area (Å²) in [6.07, 6.45) is 4.06. The van der Waals surface area contributed by atoms with Crippen LogP contribution in [0.25, 0.3) is 0 Å². The van der Waals surface area contributed by atoms with Crippen LogP contribution >= 0.6 is 0 Å². The van der Waals surface area contributed by atoms with Gasteiger partial charge in [-0.05, 0) is 46.8 Å². The van der Waals surface area contributed by atoms with Crippen molar-refractivity contribution in [1.29, 1.82) is 0 Å². The van der Waals surface area contributed by atoms with Crippen LogP contribution in [0.15, 0.2) is 12.2 Å². The summed E-state index contributed by atoms with van der Waals surface area (Å²) in [6.45, 7) is 8.42. The SMILES string of the molecule is C=C(C)C(=O)NC([CH]CCN(C)C)CC. The van der Waals surface area contributed by atoms with Crippen LogP contribution in [0.3, 0.4) is 0 Å².